The van der Waals surface area contributed by atoms with E-state index < -0.39 is 0 Å². The molecular weight excluding hydrogens is 166 g/mol. The lowest BCUT2D eigenvalue weighted by Gasteiger charge is -2.16. The van der Waals surface area contributed by atoms with Crippen LogP contribution in [0.5, 0.6) is 0 Å². The quantitative estimate of drug-likeness (QED) is 0.671. The molecule has 1 aliphatic heterocycles. The molecule has 0 saturated carbocycles. The van der Waals surface area contributed by atoms with Gasteiger partial charge in [-0.05, 0) is 25.8 Å². The fourth-order valence-corrected chi connectivity index (χ4v) is 1.49. The van der Waals surface area contributed by atoms with Gasteiger partial charge >= 0.3 is 5.97 Å². The smallest absolute Gasteiger partial charge is 0.310 e. The third-order valence-electron chi connectivity index (χ3n) is 2.71. The van der Waals surface area contributed by atoms with Crippen LogP contribution in [0.2, 0.25) is 0 Å². The molecule has 1 unspecified atom stereocenters. The molecule has 1 N–H and O–H groups in total. The predicted molar refractivity (Wildman–Crippen MR) is 51.4 cm³/mol. The average molecular weight is 185 g/mol. The van der Waals surface area contributed by atoms with Gasteiger partial charge in [-0.3, -0.25) is 4.79 Å². The van der Waals surface area contributed by atoms with Gasteiger partial charge in [-0.1, -0.05) is 13.8 Å². The van der Waals surface area contributed by atoms with Gasteiger partial charge in [-0.25, -0.2) is 0 Å². The van der Waals surface area contributed by atoms with Gasteiger partial charge in [-0.2, -0.15) is 0 Å². The number of rotatable bonds is 3. The zero-order valence-electron chi connectivity index (χ0n) is 8.67. The molecule has 1 heterocycles. The van der Waals surface area contributed by atoms with E-state index >= 15 is 0 Å². The van der Waals surface area contributed by atoms with E-state index in [0.29, 0.717) is 5.92 Å². The van der Waals surface area contributed by atoms with Gasteiger partial charge in [0, 0.05) is 6.54 Å². The Morgan fingerprint density at radius 1 is 1.62 bits per heavy atom. The molecule has 1 saturated heterocycles. The molecule has 0 amide bonds. The fraction of sp³-hybridized carbons (Fsp3) is 0.900. The Morgan fingerprint density at radius 2 is 2.31 bits per heavy atom. The zero-order chi connectivity index (χ0) is 9.84. The summed E-state index contributed by atoms with van der Waals surface area (Å²) >= 11 is 0. The summed E-state index contributed by atoms with van der Waals surface area (Å²) in [6, 6.07) is 0. The first-order valence-electron chi connectivity index (χ1n) is 5.06. The van der Waals surface area contributed by atoms with Crippen LogP contribution in [0.3, 0.4) is 0 Å². The number of ether oxygens (including phenoxy) is 1. The third kappa shape index (κ3) is 2.69. The topological polar surface area (TPSA) is 38.3 Å². The van der Waals surface area contributed by atoms with E-state index in [-0.39, 0.29) is 18.0 Å². The summed E-state index contributed by atoms with van der Waals surface area (Å²) in [6.45, 7) is 7.75. The third-order valence-corrected chi connectivity index (χ3v) is 2.71. The molecule has 0 radical (unpaired) electrons. The lowest BCUT2D eigenvalue weighted by Crippen LogP contribution is -2.26. The first-order valence-corrected chi connectivity index (χ1v) is 5.06. The maximum atomic E-state index is 11.6. The van der Waals surface area contributed by atoms with Gasteiger partial charge in [-0.15, -0.1) is 0 Å². The molecule has 13 heavy (non-hydrogen) atoms. The van der Waals surface area contributed by atoms with Crippen LogP contribution in [0.1, 0.15) is 27.2 Å². The van der Waals surface area contributed by atoms with Crippen LogP contribution in [0.4, 0.5) is 0 Å². The Morgan fingerprint density at radius 3 is 2.77 bits per heavy atom. The number of carbonyl (C=O) groups excluding carboxylic acids is 1. The normalized spacial score (nSPS) is 30.1. The van der Waals surface area contributed by atoms with Crippen LogP contribution >= 0.6 is 0 Å². The van der Waals surface area contributed by atoms with Crippen molar-refractivity contribution in [2.45, 2.75) is 33.3 Å². The van der Waals surface area contributed by atoms with Crippen molar-refractivity contribution in [2.24, 2.45) is 11.8 Å². The van der Waals surface area contributed by atoms with Crippen molar-refractivity contribution < 1.29 is 9.53 Å². The van der Waals surface area contributed by atoms with Gasteiger partial charge in [0.1, 0.15) is 0 Å². The molecular formula is C10H19NO2. The maximum absolute atomic E-state index is 11.6. The first-order chi connectivity index (χ1) is 6.15. The lowest BCUT2D eigenvalue weighted by atomic mass is 9.98. The van der Waals surface area contributed by atoms with Crippen molar-refractivity contribution in [2.75, 3.05) is 13.1 Å². The molecule has 3 nitrogen and oxygen atoms in total. The molecule has 0 aromatic heterocycles. The van der Waals surface area contributed by atoms with Crippen molar-refractivity contribution >= 4 is 5.97 Å². The molecule has 1 fully saturated rings. The van der Waals surface area contributed by atoms with E-state index in [0.717, 1.165) is 19.5 Å². The fourth-order valence-electron chi connectivity index (χ4n) is 1.49. The Kier molecular flexibility index (Phi) is 3.72. The highest BCUT2D eigenvalue weighted by molar-refractivity contribution is 5.73. The molecule has 1 aliphatic rings. The minimum Gasteiger partial charge on any atom is -0.462 e. The van der Waals surface area contributed by atoms with Gasteiger partial charge in [0.15, 0.2) is 0 Å². The molecule has 76 valence electrons. The highest BCUT2D eigenvalue weighted by atomic mass is 16.5. The van der Waals surface area contributed by atoms with Gasteiger partial charge in [0.05, 0.1) is 12.0 Å². The van der Waals surface area contributed by atoms with Crippen LogP contribution < -0.4 is 5.32 Å². The predicted octanol–water partition coefficient (Wildman–Crippen LogP) is 1.18. The van der Waals surface area contributed by atoms with Crippen LogP contribution in [0.25, 0.3) is 0 Å². The van der Waals surface area contributed by atoms with E-state index in [1.165, 1.54) is 0 Å². The Bertz CT molecular complexity index is 182. The van der Waals surface area contributed by atoms with E-state index in [1.54, 1.807) is 0 Å². The molecule has 0 aliphatic carbocycles. The number of carbonyl (C=O) groups is 1. The summed E-state index contributed by atoms with van der Waals surface area (Å²) in [6.07, 6.45) is 0.945. The second kappa shape index (κ2) is 4.61. The summed E-state index contributed by atoms with van der Waals surface area (Å²) in [5.41, 5.74) is 0. The standard InChI is InChI=1S/C10H19NO2/c1-4-8(3)13-10(12)9-6-11-5-7(9)2/h7-9,11H,4-6H2,1-3H3/t7-,8?,9-/m1/s1. The Hall–Kier alpha value is -0.570. The average Bonchev–Trinajstić information content (AvgIpc) is 2.51. The van der Waals surface area contributed by atoms with Gasteiger partial charge in [0.25, 0.3) is 0 Å². The second-order valence-corrected chi connectivity index (χ2v) is 3.90. The summed E-state index contributed by atoms with van der Waals surface area (Å²) in [5.74, 6) is 0.442. The van der Waals surface area contributed by atoms with Crippen LogP contribution in [-0.2, 0) is 9.53 Å². The molecule has 3 heteroatoms. The second-order valence-electron chi connectivity index (χ2n) is 3.90. The van der Waals surface area contributed by atoms with Crippen LogP contribution in [0.15, 0.2) is 0 Å². The minimum atomic E-state index is -0.0353. The highest BCUT2D eigenvalue weighted by Gasteiger charge is 2.31. The van der Waals surface area contributed by atoms with E-state index in [4.69, 9.17) is 4.74 Å². The number of nitrogens with one attached hydrogen (secondary N) is 1. The SMILES string of the molecule is CCC(C)OC(=O)[C@@H]1CNC[C@H]1C. The largest absolute Gasteiger partial charge is 0.462 e. The molecule has 0 spiro atoms. The minimum absolute atomic E-state index is 0.0353. The van der Waals surface area contributed by atoms with Crippen molar-refractivity contribution in [1.29, 1.82) is 0 Å². The first kappa shape index (κ1) is 10.5. The van der Waals surface area contributed by atoms with Crippen LogP contribution in [-0.4, -0.2) is 25.2 Å². The molecule has 0 aromatic carbocycles. The van der Waals surface area contributed by atoms with Crippen LogP contribution in [0, 0.1) is 11.8 Å². The number of hydrogen-bond donors (Lipinski definition) is 1. The zero-order valence-corrected chi connectivity index (χ0v) is 8.67. The van der Waals surface area contributed by atoms with Gasteiger partial charge in [0.2, 0.25) is 0 Å². The number of esters is 1. The Labute approximate surface area is 79.8 Å². The molecule has 0 bridgehead atoms. The van der Waals surface area contributed by atoms with E-state index in [2.05, 4.69) is 12.2 Å². The molecule has 1 rings (SSSR count). The highest BCUT2D eigenvalue weighted by Crippen LogP contribution is 2.18. The summed E-state index contributed by atoms with van der Waals surface area (Å²) in [5, 5.41) is 3.19. The Balaban J connectivity index is 2.38. The lowest BCUT2D eigenvalue weighted by molar-refractivity contribution is -0.153. The van der Waals surface area contributed by atoms with Crippen molar-refractivity contribution in [1.82, 2.24) is 5.32 Å². The molecule has 0 aromatic rings. The van der Waals surface area contributed by atoms with Crippen molar-refractivity contribution in [3.05, 3.63) is 0 Å². The van der Waals surface area contributed by atoms with E-state index in [1.807, 2.05) is 13.8 Å². The molecule has 3 atom stereocenters. The van der Waals surface area contributed by atoms with Crippen molar-refractivity contribution in [3.63, 3.8) is 0 Å². The number of hydrogen-bond acceptors (Lipinski definition) is 3. The summed E-state index contributed by atoms with van der Waals surface area (Å²) in [7, 11) is 0. The van der Waals surface area contributed by atoms with E-state index in [9.17, 15) is 4.79 Å². The van der Waals surface area contributed by atoms with Crippen molar-refractivity contribution in [3.8, 4) is 0 Å². The van der Waals surface area contributed by atoms with Gasteiger partial charge < -0.3 is 10.1 Å². The maximum Gasteiger partial charge on any atom is 0.310 e. The summed E-state index contributed by atoms with van der Waals surface area (Å²) in [4.78, 5) is 11.6. The monoisotopic (exact) mass is 185 g/mol. The summed E-state index contributed by atoms with van der Waals surface area (Å²) < 4.78 is 5.27.